The Balaban J connectivity index is 2.18. The van der Waals surface area contributed by atoms with Crippen LogP contribution in [0.25, 0.3) is 0 Å². The smallest absolute Gasteiger partial charge is 0.146 e. The van der Waals surface area contributed by atoms with Crippen LogP contribution in [-0.4, -0.2) is 7.05 Å². The summed E-state index contributed by atoms with van der Waals surface area (Å²) >= 11 is 0. The molecule has 0 aromatic heterocycles. The number of nitrogen functional groups attached to an aromatic ring is 1. The van der Waals surface area contributed by atoms with Gasteiger partial charge in [0.1, 0.15) is 11.6 Å². The molecule has 0 spiro atoms. The van der Waals surface area contributed by atoms with Gasteiger partial charge >= 0.3 is 0 Å². The summed E-state index contributed by atoms with van der Waals surface area (Å²) < 4.78 is 26.6. The first kappa shape index (κ1) is 12.4. The first-order valence-electron chi connectivity index (χ1n) is 5.57. The summed E-state index contributed by atoms with van der Waals surface area (Å²) in [5.41, 5.74) is 7.49. The molecule has 2 aromatic carbocycles. The van der Waals surface area contributed by atoms with Crippen molar-refractivity contribution in [3.8, 4) is 0 Å². The monoisotopic (exact) mass is 248 g/mol. The lowest BCUT2D eigenvalue weighted by Crippen LogP contribution is -2.17. The predicted octanol–water partition coefficient (Wildman–Crippen LogP) is 3.18. The first-order chi connectivity index (χ1) is 8.56. The van der Waals surface area contributed by atoms with Gasteiger partial charge in [0.15, 0.2) is 0 Å². The zero-order chi connectivity index (χ0) is 13.1. The maximum absolute atomic E-state index is 13.6. The molecule has 94 valence electrons. The van der Waals surface area contributed by atoms with Gasteiger partial charge in [-0.25, -0.2) is 8.78 Å². The molecule has 0 saturated carbocycles. The van der Waals surface area contributed by atoms with Gasteiger partial charge in [-0.2, -0.15) is 0 Å². The normalized spacial score (nSPS) is 10.4. The SMILES string of the molecule is CN(Cc1ccc(N)cc1)c1cc(F)ccc1F. The van der Waals surface area contributed by atoms with Crippen LogP contribution in [0.4, 0.5) is 20.2 Å². The van der Waals surface area contributed by atoms with E-state index in [0.717, 1.165) is 17.7 Å². The third-order valence-electron chi connectivity index (χ3n) is 2.72. The minimum Gasteiger partial charge on any atom is -0.399 e. The molecular formula is C14H14F2N2. The van der Waals surface area contributed by atoms with Gasteiger partial charge in [-0.3, -0.25) is 0 Å². The van der Waals surface area contributed by atoms with Crippen molar-refractivity contribution in [2.24, 2.45) is 0 Å². The molecule has 4 heteroatoms. The van der Waals surface area contributed by atoms with Crippen LogP contribution in [0.1, 0.15) is 5.56 Å². The van der Waals surface area contributed by atoms with Crippen molar-refractivity contribution >= 4 is 11.4 Å². The highest BCUT2D eigenvalue weighted by molar-refractivity contribution is 5.48. The Morgan fingerprint density at radius 3 is 2.39 bits per heavy atom. The molecule has 0 atom stereocenters. The Labute approximate surface area is 105 Å². The first-order valence-corrected chi connectivity index (χ1v) is 5.57. The number of hydrogen-bond donors (Lipinski definition) is 1. The highest BCUT2D eigenvalue weighted by atomic mass is 19.1. The fourth-order valence-corrected chi connectivity index (χ4v) is 1.76. The molecule has 0 aliphatic heterocycles. The number of halogens is 2. The fourth-order valence-electron chi connectivity index (χ4n) is 1.76. The molecule has 0 unspecified atom stereocenters. The minimum atomic E-state index is -0.449. The summed E-state index contributed by atoms with van der Waals surface area (Å²) in [5.74, 6) is -0.884. The Morgan fingerprint density at radius 1 is 1.06 bits per heavy atom. The number of hydrogen-bond acceptors (Lipinski definition) is 2. The summed E-state index contributed by atoms with van der Waals surface area (Å²) in [4.78, 5) is 1.66. The lowest BCUT2D eigenvalue weighted by atomic mass is 10.2. The predicted molar refractivity (Wildman–Crippen MR) is 69.3 cm³/mol. The number of nitrogens with two attached hydrogens (primary N) is 1. The van der Waals surface area contributed by atoms with Gasteiger partial charge in [-0.15, -0.1) is 0 Å². The van der Waals surface area contributed by atoms with Crippen molar-refractivity contribution in [1.82, 2.24) is 0 Å². The molecule has 2 N–H and O–H groups in total. The van der Waals surface area contributed by atoms with Gasteiger partial charge in [0.25, 0.3) is 0 Å². The van der Waals surface area contributed by atoms with Crippen molar-refractivity contribution in [1.29, 1.82) is 0 Å². The average Bonchev–Trinajstić information content (AvgIpc) is 2.35. The van der Waals surface area contributed by atoms with Crippen molar-refractivity contribution in [2.45, 2.75) is 6.54 Å². The fraction of sp³-hybridized carbons (Fsp3) is 0.143. The van der Waals surface area contributed by atoms with E-state index >= 15 is 0 Å². The van der Waals surface area contributed by atoms with Crippen LogP contribution >= 0.6 is 0 Å². The van der Waals surface area contributed by atoms with Crippen LogP contribution in [0, 0.1) is 11.6 Å². The van der Waals surface area contributed by atoms with Gasteiger partial charge in [0.2, 0.25) is 0 Å². The standard InChI is InChI=1S/C14H14F2N2/c1-18(9-10-2-5-12(17)6-3-10)14-8-11(15)4-7-13(14)16/h2-8H,9,17H2,1H3. The Hall–Kier alpha value is -2.10. The number of anilines is 2. The molecule has 0 fully saturated rings. The van der Waals surface area contributed by atoms with E-state index in [4.69, 9.17) is 5.73 Å². The molecule has 18 heavy (non-hydrogen) atoms. The summed E-state index contributed by atoms with van der Waals surface area (Å²) in [6, 6.07) is 10.7. The van der Waals surface area contributed by atoms with Crippen LogP contribution in [-0.2, 0) is 6.54 Å². The van der Waals surface area contributed by atoms with Crippen molar-refractivity contribution in [2.75, 3.05) is 17.7 Å². The van der Waals surface area contributed by atoms with Crippen LogP contribution in [0.15, 0.2) is 42.5 Å². The summed E-state index contributed by atoms with van der Waals surface area (Å²) in [7, 11) is 1.72. The second-order valence-electron chi connectivity index (χ2n) is 4.19. The van der Waals surface area contributed by atoms with Crippen LogP contribution in [0.3, 0.4) is 0 Å². The molecule has 0 aliphatic rings. The maximum Gasteiger partial charge on any atom is 0.146 e. The highest BCUT2D eigenvalue weighted by Gasteiger charge is 2.09. The van der Waals surface area contributed by atoms with Crippen LogP contribution in [0.2, 0.25) is 0 Å². The second-order valence-corrected chi connectivity index (χ2v) is 4.19. The van der Waals surface area contributed by atoms with Crippen molar-refractivity contribution < 1.29 is 8.78 Å². The van der Waals surface area contributed by atoms with Gasteiger partial charge in [-0.1, -0.05) is 12.1 Å². The van der Waals surface area contributed by atoms with E-state index in [1.165, 1.54) is 6.07 Å². The average molecular weight is 248 g/mol. The van der Waals surface area contributed by atoms with Crippen molar-refractivity contribution in [3.63, 3.8) is 0 Å². The number of nitrogens with zero attached hydrogens (tertiary/aromatic N) is 1. The third-order valence-corrected chi connectivity index (χ3v) is 2.72. The van der Waals surface area contributed by atoms with Crippen molar-refractivity contribution in [3.05, 3.63) is 59.7 Å². The van der Waals surface area contributed by atoms with E-state index in [1.807, 2.05) is 12.1 Å². The Morgan fingerprint density at radius 2 is 1.72 bits per heavy atom. The molecule has 0 aliphatic carbocycles. The van der Waals surface area contributed by atoms with E-state index in [1.54, 1.807) is 24.1 Å². The number of benzene rings is 2. The molecule has 0 radical (unpaired) electrons. The molecule has 2 rings (SSSR count). The lowest BCUT2D eigenvalue weighted by molar-refractivity contribution is 0.596. The Bertz CT molecular complexity index is 538. The second kappa shape index (κ2) is 5.04. The minimum absolute atomic E-state index is 0.242. The highest BCUT2D eigenvalue weighted by Crippen LogP contribution is 2.21. The topological polar surface area (TPSA) is 29.3 Å². The molecule has 0 heterocycles. The van der Waals surface area contributed by atoms with E-state index in [2.05, 4.69) is 0 Å². The van der Waals surface area contributed by atoms with Crippen LogP contribution in [0.5, 0.6) is 0 Å². The molecule has 0 amide bonds. The molecule has 0 bridgehead atoms. The van der Waals surface area contributed by atoms with E-state index in [-0.39, 0.29) is 5.69 Å². The summed E-state index contributed by atoms with van der Waals surface area (Å²) in [5, 5.41) is 0. The molecule has 2 aromatic rings. The molecule has 2 nitrogen and oxygen atoms in total. The maximum atomic E-state index is 13.6. The zero-order valence-corrected chi connectivity index (χ0v) is 10.0. The number of rotatable bonds is 3. The molecule has 0 saturated heterocycles. The largest absolute Gasteiger partial charge is 0.399 e. The third kappa shape index (κ3) is 2.77. The van der Waals surface area contributed by atoms with Crippen LogP contribution < -0.4 is 10.6 Å². The van der Waals surface area contributed by atoms with Gasteiger partial charge in [0.05, 0.1) is 5.69 Å². The van der Waals surface area contributed by atoms with E-state index in [9.17, 15) is 8.78 Å². The van der Waals surface area contributed by atoms with Gasteiger partial charge < -0.3 is 10.6 Å². The van der Waals surface area contributed by atoms with Gasteiger partial charge in [0, 0.05) is 25.3 Å². The summed E-state index contributed by atoms with van der Waals surface area (Å²) in [6.45, 7) is 0.487. The lowest BCUT2D eigenvalue weighted by Gasteiger charge is -2.20. The van der Waals surface area contributed by atoms with E-state index < -0.39 is 11.6 Å². The quantitative estimate of drug-likeness (QED) is 0.845. The summed E-state index contributed by atoms with van der Waals surface area (Å²) in [6.07, 6.45) is 0. The van der Waals surface area contributed by atoms with E-state index in [0.29, 0.717) is 12.2 Å². The van der Waals surface area contributed by atoms with Gasteiger partial charge in [-0.05, 0) is 29.8 Å². The Kier molecular flexibility index (Phi) is 3.46. The zero-order valence-electron chi connectivity index (χ0n) is 10.0. The molecular weight excluding hydrogens is 234 g/mol.